The molecule has 0 bridgehead atoms. The molecule has 3 rings (SSSR count). The Bertz CT molecular complexity index is 567. The maximum atomic E-state index is 12.9. The molecule has 0 aliphatic heterocycles. The lowest BCUT2D eigenvalue weighted by Gasteiger charge is -2.42. The quantitative estimate of drug-likeness (QED) is 0.828. The highest BCUT2D eigenvalue weighted by atomic mass is 35.5. The van der Waals surface area contributed by atoms with Gasteiger partial charge in [0, 0.05) is 12.1 Å². The lowest BCUT2D eigenvalue weighted by Crippen LogP contribution is -2.53. The molecule has 0 saturated heterocycles. The maximum Gasteiger partial charge on any atom is 0.230 e. The van der Waals surface area contributed by atoms with Crippen molar-refractivity contribution in [3.05, 3.63) is 33.8 Å². The molecular weight excluding hydrogens is 355 g/mol. The summed E-state index contributed by atoms with van der Waals surface area (Å²) < 4.78 is 0. The van der Waals surface area contributed by atoms with Gasteiger partial charge in [0.05, 0.1) is 15.5 Å². The fourth-order valence-corrected chi connectivity index (χ4v) is 3.86. The van der Waals surface area contributed by atoms with E-state index in [2.05, 4.69) is 5.32 Å². The van der Waals surface area contributed by atoms with E-state index in [9.17, 15) is 4.79 Å². The molecule has 2 aliphatic carbocycles. The summed E-state index contributed by atoms with van der Waals surface area (Å²) >= 11 is 12.1. The van der Waals surface area contributed by atoms with Gasteiger partial charge >= 0.3 is 0 Å². The summed E-state index contributed by atoms with van der Waals surface area (Å²) in [7, 11) is 0. The van der Waals surface area contributed by atoms with Gasteiger partial charge in [0.15, 0.2) is 0 Å². The number of hydrogen-bond acceptors (Lipinski definition) is 2. The van der Waals surface area contributed by atoms with Crippen LogP contribution in [0.5, 0.6) is 0 Å². The molecule has 0 heterocycles. The fourth-order valence-electron chi connectivity index (χ4n) is 3.56. The Kier molecular flexibility index (Phi) is 6.23. The predicted molar refractivity (Wildman–Crippen MR) is 97.6 cm³/mol. The fraction of sp³-hybridized carbons (Fsp3) is 0.588. The Hall–Kier alpha value is -0.480. The van der Waals surface area contributed by atoms with Gasteiger partial charge in [0.1, 0.15) is 0 Å². The van der Waals surface area contributed by atoms with E-state index in [0.717, 1.165) is 50.5 Å². The Balaban J connectivity index is 0.00000192. The molecular formula is C17H23Cl3N2O. The van der Waals surface area contributed by atoms with E-state index >= 15 is 0 Å². The first-order chi connectivity index (χ1) is 10.5. The van der Waals surface area contributed by atoms with Crippen molar-refractivity contribution in [2.45, 2.75) is 62.4 Å². The van der Waals surface area contributed by atoms with E-state index in [1.165, 1.54) is 0 Å². The third-order valence-electron chi connectivity index (χ3n) is 5.22. The average molecular weight is 378 g/mol. The van der Waals surface area contributed by atoms with E-state index in [1.54, 1.807) is 6.07 Å². The van der Waals surface area contributed by atoms with Crippen LogP contribution >= 0.6 is 35.6 Å². The van der Waals surface area contributed by atoms with Gasteiger partial charge in [-0.05, 0) is 56.2 Å². The monoisotopic (exact) mass is 376 g/mol. The van der Waals surface area contributed by atoms with Crippen molar-refractivity contribution in [2.24, 2.45) is 5.73 Å². The van der Waals surface area contributed by atoms with Gasteiger partial charge in [-0.15, -0.1) is 12.4 Å². The first-order valence-corrected chi connectivity index (χ1v) is 8.79. The molecule has 2 aliphatic rings. The summed E-state index contributed by atoms with van der Waals surface area (Å²) in [6, 6.07) is 6.11. The minimum atomic E-state index is -0.423. The van der Waals surface area contributed by atoms with Crippen molar-refractivity contribution in [3.8, 4) is 0 Å². The number of nitrogens with one attached hydrogen (secondary N) is 1. The SMILES string of the molecule is Cl.NC1CCC(NC(=O)C2(c3ccc(Cl)c(Cl)c3)CCC2)CC1. The lowest BCUT2D eigenvalue weighted by molar-refractivity contribution is -0.130. The highest BCUT2D eigenvalue weighted by Crippen LogP contribution is 2.45. The van der Waals surface area contributed by atoms with Crippen LogP contribution in [0, 0.1) is 0 Å². The van der Waals surface area contributed by atoms with Crippen molar-refractivity contribution < 1.29 is 4.79 Å². The smallest absolute Gasteiger partial charge is 0.230 e. The van der Waals surface area contributed by atoms with Crippen LogP contribution in [0.4, 0.5) is 0 Å². The molecule has 1 aromatic rings. The zero-order chi connectivity index (χ0) is 15.7. The summed E-state index contributed by atoms with van der Waals surface area (Å²) in [6.07, 6.45) is 6.76. The highest BCUT2D eigenvalue weighted by Gasteiger charge is 2.46. The minimum absolute atomic E-state index is 0. The molecule has 1 aromatic carbocycles. The van der Waals surface area contributed by atoms with Gasteiger partial charge in [0.25, 0.3) is 0 Å². The second kappa shape index (κ2) is 7.60. The molecule has 0 unspecified atom stereocenters. The number of rotatable bonds is 3. The first-order valence-electron chi connectivity index (χ1n) is 8.03. The Morgan fingerprint density at radius 2 is 1.78 bits per heavy atom. The predicted octanol–water partition coefficient (Wildman–Crippen LogP) is 4.22. The van der Waals surface area contributed by atoms with Gasteiger partial charge in [-0.25, -0.2) is 0 Å². The zero-order valence-electron chi connectivity index (χ0n) is 13.0. The maximum absolute atomic E-state index is 12.9. The zero-order valence-corrected chi connectivity index (χ0v) is 15.3. The number of halogens is 3. The van der Waals surface area contributed by atoms with Crippen molar-refractivity contribution in [2.75, 3.05) is 0 Å². The van der Waals surface area contributed by atoms with E-state index < -0.39 is 5.41 Å². The third kappa shape index (κ3) is 3.79. The summed E-state index contributed by atoms with van der Waals surface area (Å²) in [5, 5.41) is 4.29. The Labute approximate surface area is 153 Å². The number of nitrogens with two attached hydrogens (primary N) is 1. The highest BCUT2D eigenvalue weighted by molar-refractivity contribution is 6.42. The molecule has 1 amide bonds. The molecule has 2 saturated carbocycles. The third-order valence-corrected chi connectivity index (χ3v) is 5.96. The molecule has 6 heteroatoms. The summed E-state index contributed by atoms with van der Waals surface area (Å²) in [5.74, 6) is 0.137. The number of carbonyl (C=O) groups is 1. The van der Waals surface area contributed by atoms with E-state index in [0.29, 0.717) is 16.1 Å². The van der Waals surface area contributed by atoms with Gasteiger partial charge in [-0.3, -0.25) is 4.79 Å². The molecule has 3 N–H and O–H groups in total. The van der Waals surface area contributed by atoms with Crippen molar-refractivity contribution in [1.29, 1.82) is 0 Å². The first kappa shape index (κ1) is 18.9. The number of amides is 1. The largest absolute Gasteiger partial charge is 0.353 e. The summed E-state index contributed by atoms with van der Waals surface area (Å²) in [6.45, 7) is 0. The molecule has 0 spiro atoms. The average Bonchev–Trinajstić information content (AvgIpc) is 2.44. The molecule has 0 atom stereocenters. The normalized spacial score (nSPS) is 25.9. The molecule has 3 nitrogen and oxygen atoms in total. The number of carbonyl (C=O) groups excluding carboxylic acids is 1. The topological polar surface area (TPSA) is 55.1 Å². The van der Waals surface area contributed by atoms with Gasteiger partial charge in [-0.2, -0.15) is 0 Å². The van der Waals surface area contributed by atoms with Crippen molar-refractivity contribution >= 4 is 41.5 Å². The number of hydrogen-bond donors (Lipinski definition) is 2. The van der Waals surface area contributed by atoms with Crippen LogP contribution in [-0.4, -0.2) is 18.0 Å². The molecule has 0 radical (unpaired) electrons. The van der Waals surface area contributed by atoms with Crippen LogP contribution in [0.25, 0.3) is 0 Å². The van der Waals surface area contributed by atoms with Gasteiger partial charge in [0.2, 0.25) is 5.91 Å². The van der Waals surface area contributed by atoms with Crippen LogP contribution in [0.3, 0.4) is 0 Å². The molecule has 23 heavy (non-hydrogen) atoms. The standard InChI is InChI=1S/C17H22Cl2N2O.ClH/c18-14-7-2-11(10-15(14)19)17(8-1-9-17)16(22)21-13-5-3-12(20)4-6-13;/h2,7,10,12-13H,1,3-6,8-9,20H2,(H,21,22);1H. The van der Waals surface area contributed by atoms with E-state index in [4.69, 9.17) is 28.9 Å². The Morgan fingerprint density at radius 1 is 1.13 bits per heavy atom. The van der Waals surface area contributed by atoms with Crippen molar-refractivity contribution in [3.63, 3.8) is 0 Å². The summed E-state index contributed by atoms with van der Waals surface area (Å²) in [4.78, 5) is 12.9. The van der Waals surface area contributed by atoms with Gasteiger partial charge in [-0.1, -0.05) is 35.7 Å². The van der Waals surface area contributed by atoms with Crippen LogP contribution in [0.15, 0.2) is 18.2 Å². The molecule has 0 aromatic heterocycles. The number of benzene rings is 1. The van der Waals surface area contributed by atoms with E-state index in [1.807, 2.05) is 12.1 Å². The Morgan fingerprint density at radius 3 is 2.30 bits per heavy atom. The molecule has 2 fully saturated rings. The lowest BCUT2D eigenvalue weighted by atomic mass is 9.63. The van der Waals surface area contributed by atoms with Crippen LogP contribution in [0.2, 0.25) is 10.0 Å². The molecule has 128 valence electrons. The van der Waals surface area contributed by atoms with Crippen LogP contribution in [0.1, 0.15) is 50.5 Å². The second-order valence-electron chi connectivity index (χ2n) is 6.65. The van der Waals surface area contributed by atoms with Gasteiger partial charge < -0.3 is 11.1 Å². The van der Waals surface area contributed by atoms with E-state index in [-0.39, 0.29) is 24.4 Å². The summed E-state index contributed by atoms with van der Waals surface area (Å²) in [5.41, 5.74) is 6.49. The second-order valence-corrected chi connectivity index (χ2v) is 7.46. The van der Waals surface area contributed by atoms with Crippen LogP contribution < -0.4 is 11.1 Å². The van der Waals surface area contributed by atoms with Crippen LogP contribution in [-0.2, 0) is 10.2 Å². The minimum Gasteiger partial charge on any atom is -0.353 e. The van der Waals surface area contributed by atoms with Crippen molar-refractivity contribution in [1.82, 2.24) is 5.32 Å².